The Morgan fingerprint density at radius 3 is 2.61 bits per heavy atom. The summed E-state index contributed by atoms with van der Waals surface area (Å²) in [5.74, 6) is 0. The van der Waals surface area contributed by atoms with Crippen LogP contribution in [-0.2, 0) is 21.3 Å². The molecule has 0 aliphatic carbocycles. The number of rotatable bonds is 7. The van der Waals surface area contributed by atoms with Gasteiger partial charge in [0.15, 0.2) is 0 Å². The normalized spacial score (nSPS) is 12.0. The molecule has 0 atom stereocenters. The number of nitrogens with two attached hydrogens (primary N) is 1. The van der Waals surface area contributed by atoms with Crippen molar-refractivity contribution in [3.05, 3.63) is 24.0 Å². The lowest BCUT2D eigenvalue weighted by Crippen LogP contribution is -2.33. The smallest absolute Gasteiger partial charge is 0.244 e. The molecule has 0 radical (unpaired) electrons. The summed E-state index contributed by atoms with van der Waals surface area (Å²) in [4.78, 5) is 4.18. The average molecular weight is 273 g/mol. The Morgan fingerprint density at radius 2 is 2.17 bits per heavy atom. The second-order valence-corrected chi connectivity index (χ2v) is 5.62. The monoisotopic (exact) mass is 273 g/mol. The van der Waals surface area contributed by atoms with Crippen molar-refractivity contribution in [1.82, 2.24) is 9.29 Å². The van der Waals surface area contributed by atoms with Gasteiger partial charge in [-0.1, -0.05) is 6.92 Å². The Balaban J connectivity index is 2.95. The van der Waals surface area contributed by atoms with Crippen LogP contribution < -0.4 is 5.73 Å². The minimum absolute atomic E-state index is 0.178. The molecule has 0 aliphatic rings. The molecule has 0 fully saturated rings. The third-order valence-corrected chi connectivity index (χ3v) is 4.50. The van der Waals surface area contributed by atoms with E-state index < -0.39 is 10.0 Å². The number of hydrogen-bond acceptors (Lipinski definition) is 5. The number of methoxy groups -OCH3 is 1. The maximum absolute atomic E-state index is 12.3. The van der Waals surface area contributed by atoms with Crippen molar-refractivity contribution in [3.8, 4) is 0 Å². The molecule has 1 heterocycles. The fourth-order valence-corrected chi connectivity index (χ4v) is 2.85. The molecule has 102 valence electrons. The molecule has 0 amide bonds. The van der Waals surface area contributed by atoms with Crippen LogP contribution in [0.5, 0.6) is 0 Å². The first-order valence-corrected chi connectivity index (χ1v) is 7.14. The van der Waals surface area contributed by atoms with Gasteiger partial charge in [-0.3, -0.25) is 4.98 Å². The number of aromatic nitrogens is 1. The second-order valence-electron chi connectivity index (χ2n) is 3.68. The van der Waals surface area contributed by atoms with Crippen molar-refractivity contribution in [2.24, 2.45) is 5.73 Å². The predicted molar refractivity (Wildman–Crippen MR) is 68.4 cm³/mol. The molecule has 1 aromatic heterocycles. The highest BCUT2D eigenvalue weighted by Crippen LogP contribution is 2.14. The van der Waals surface area contributed by atoms with Gasteiger partial charge in [-0.15, -0.1) is 0 Å². The zero-order valence-corrected chi connectivity index (χ0v) is 11.5. The molecule has 0 saturated carbocycles. The molecule has 1 rings (SSSR count). The van der Waals surface area contributed by atoms with E-state index in [1.165, 1.54) is 23.7 Å². The highest BCUT2D eigenvalue weighted by atomic mass is 32.2. The van der Waals surface area contributed by atoms with Crippen molar-refractivity contribution < 1.29 is 13.2 Å². The minimum Gasteiger partial charge on any atom is -0.383 e. The summed E-state index contributed by atoms with van der Waals surface area (Å²) in [6.45, 7) is 3.16. The Labute approximate surface area is 108 Å². The summed E-state index contributed by atoms with van der Waals surface area (Å²) in [6.07, 6.45) is 1.34. The molecular weight excluding hydrogens is 254 g/mol. The van der Waals surface area contributed by atoms with Crippen LogP contribution >= 0.6 is 0 Å². The molecule has 6 nitrogen and oxygen atoms in total. The first kappa shape index (κ1) is 15.0. The van der Waals surface area contributed by atoms with Crippen LogP contribution in [-0.4, -0.2) is 44.5 Å². The van der Waals surface area contributed by atoms with E-state index in [0.717, 1.165) is 0 Å². The van der Waals surface area contributed by atoms with E-state index >= 15 is 0 Å². The van der Waals surface area contributed by atoms with E-state index in [0.29, 0.717) is 31.9 Å². The Morgan fingerprint density at radius 1 is 1.44 bits per heavy atom. The molecular formula is C11H19N3O3S. The largest absolute Gasteiger partial charge is 0.383 e. The summed E-state index contributed by atoms with van der Waals surface area (Å²) in [5.41, 5.74) is 6.08. The SMILES string of the molecule is CCN(CCOC)S(=O)(=O)c1ccc(CN)nc1. The number of hydrogen-bond donors (Lipinski definition) is 1. The van der Waals surface area contributed by atoms with Gasteiger partial charge in [0.1, 0.15) is 4.90 Å². The van der Waals surface area contributed by atoms with Gasteiger partial charge in [-0.2, -0.15) is 4.31 Å². The number of likely N-dealkylation sites (N-methyl/N-ethyl adjacent to an activating group) is 1. The highest BCUT2D eigenvalue weighted by Gasteiger charge is 2.22. The fraction of sp³-hybridized carbons (Fsp3) is 0.545. The number of pyridine rings is 1. The van der Waals surface area contributed by atoms with E-state index in [-0.39, 0.29) is 4.90 Å². The molecule has 0 bridgehead atoms. The third-order valence-electron chi connectivity index (χ3n) is 2.54. The van der Waals surface area contributed by atoms with Gasteiger partial charge in [-0.05, 0) is 12.1 Å². The minimum atomic E-state index is -3.50. The van der Waals surface area contributed by atoms with Crippen LogP contribution in [0.1, 0.15) is 12.6 Å². The first-order valence-electron chi connectivity index (χ1n) is 5.70. The molecule has 0 aliphatic heterocycles. The summed E-state index contributed by atoms with van der Waals surface area (Å²) in [6, 6.07) is 3.15. The maximum atomic E-state index is 12.3. The third kappa shape index (κ3) is 3.49. The molecule has 18 heavy (non-hydrogen) atoms. The second kappa shape index (κ2) is 6.79. The molecule has 0 saturated heterocycles. The van der Waals surface area contributed by atoms with Gasteiger partial charge in [0.2, 0.25) is 10.0 Å². The number of nitrogens with zero attached hydrogens (tertiary/aromatic N) is 2. The van der Waals surface area contributed by atoms with E-state index in [1.54, 1.807) is 13.0 Å². The van der Waals surface area contributed by atoms with Crippen LogP contribution in [0.2, 0.25) is 0 Å². The van der Waals surface area contributed by atoms with Gasteiger partial charge in [0, 0.05) is 32.9 Å². The number of ether oxygens (including phenoxy) is 1. The lowest BCUT2D eigenvalue weighted by atomic mass is 10.4. The average Bonchev–Trinajstić information content (AvgIpc) is 2.39. The zero-order valence-electron chi connectivity index (χ0n) is 10.7. The highest BCUT2D eigenvalue weighted by molar-refractivity contribution is 7.89. The van der Waals surface area contributed by atoms with Crippen LogP contribution in [0.15, 0.2) is 23.2 Å². The van der Waals surface area contributed by atoms with Crippen molar-refractivity contribution in [2.75, 3.05) is 26.8 Å². The van der Waals surface area contributed by atoms with Gasteiger partial charge in [0.05, 0.1) is 12.3 Å². The van der Waals surface area contributed by atoms with E-state index in [2.05, 4.69) is 4.98 Å². The van der Waals surface area contributed by atoms with Crippen molar-refractivity contribution in [2.45, 2.75) is 18.4 Å². The van der Waals surface area contributed by atoms with Crippen molar-refractivity contribution in [1.29, 1.82) is 0 Å². The lowest BCUT2D eigenvalue weighted by molar-refractivity contribution is 0.180. The quantitative estimate of drug-likeness (QED) is 0.767. The van der Waals surface area contributed by atoms with Crippen molar-refractivity contribution in [3.63, 3.8) is 0 Å². The van der Waals surface area contributed by atoms with E-state index in [4.69, 9.17) is 10.5 Å². The summed E-state index contributed by atoms with van der Waals surface area (Å²) < 4.78 is 30.8. The molecule has 0 aromatic carbocycles. The van der Waals surface area contributed by atoms with Gasteiger partial charge in [0.25, 0.3) is 0 Å². The Kier molecular flexibility index (Phi) is 5.67. The Hall–Kier alpha value is -1.02. The van der Waals surface area contributed by atoms with Crippen LogP contribution in [0.3, 0.4) is 0 Å². The standard InChI is InChI=1S/C11H19N3O3S/c1-3-14(6-7-17-2)18(15,16)11-5-4-10(8-12)13-9-11/h4-5,9H,3,6-8,12H2,1-2H3. The maximum Gasteiger partial charge on any atom is 0.244 e. The van der Waals surface area contributed by atoms with Crippen LogP contribution in [0.4, 0.5) is 0 Å². The van der Waals surface area contributed by atoms with Crippen LogP contribution in [0, 0.1) is 0 Å². The fourth-order valence-electron chi connectivity index (χ4n) is 1.47. The lowest BCUT2D eigenvalue weighted by Gasteiger charge is -2.19. The number of sulfonamides is 1. The molecule has 7 heteroatoms. The van der Waals surface area contributed by atoms with Gasteiger partial charge < -0.3 is 10.5 Å². The first-order chi connectivity index (χ1) is 8.56. The summed E-state index contributed by atoms with van der Waals surface area (Å²) >= 11 is 0. The van der Waals surface area contributed by atoms with Gasteiger partial charge in [-0.25, -0.2) is 8.42 Å². The molecule has 1 aromatic rings. The Bertz CT molecular complexity index is 459. The van der Waals surface area contributed by atoms with E-state index in [9.17, 15) is 8.42 Å². The predicted octanol–water partition coefficient (Wildman–Crippen LogP) is 0.197. The summed E-state index contributed by atoms with van der Waals surface area (Å²) in [5, 5.41) is 0. The molecule has 0 unspecified atom stereocenters. The molecule has 2 N–H and O–H groups in total. The topological polar surface area (TPSA) is 85.5 Å². The molecule has 0 spiro atoms. The summed E-state index contributed by atoms with van der Waals surface area (Å²) in [7, 11) is -1.96. The van der Waals surface area contributed by atoms with Crippen molar-refractivity contribution >= 4 is 10.0 Å². The van der Waals surface area contributed by atoms with E-state index in [1.807, 2.05) is 0 Å². The zero-order chi connectivity index (χ0) is 13.6. The van der Waals surface area contributed by atoms with Gasteiger partial charge >= 0.3 is 0 Å². The van der Waals surface area contributed by atoms with Crippen LogP contribution in [0.25, 0.3) is 0 Å².